The van der Waals surface area contributed by atoms with Crippen LogP contribution < -0.4 is 5.32 Å². The summed E-state index contributed by atoms with van der Waals surface area (Å²) in [5.41, 5.74) is 0.663. The largest absolute Gasteiger partial charge is 0.468 e. The fraction of sp³-hybridized carbons (Fsp3) is 0.263. The lowest BCUT2D eigenvalue weighted by Crippen LogP contribution is -2.40. The highest BCUT2D eigenvalue weighted by atomic mass is 32.1. The third-order valence-electron chi connectivity index (χ3n) is 3.82. The third kappa shape index (κ3) is 5.85. The summed E-state index contributed by atoms with van der Waals surface area (Å²) in [6.07, 6.45) is 0. The van der Waals surface area contributed by atoms with Crippen LogP contribution in [0.25, 0.3) is 0 Å². The number of methoxy groups -OCH3 is 2. The lowest BCUT2D eigenvalue weighted by atomic mass is 10.2. The lowest BCUT2D eigenvalue weighted by molar-refractivity contribution is -0.144. The molecular weight excluding hydrogens is 403 g/mol. The minimum Gasteiger partial charge on any atom is -0.468 e. The maximum atomic E-state index is 13.3. The van der Waals surface area contributed by atoms with Crippen LogP contribution >= 0.6 is 11.3 Å². The first-order chi connectivity index (χ1) is 13.7. The van der Waals surface area contributed by atoms with Gasteiger partial charge in [-0.15, -0.1) is 11.3 Å². The Bertz CT molecular complexity index is 925. The summed E-state index contributed by atoms with van der Waals surface area (Å²) in [5, 5.41) is 2.96. The van der Waals surface area contributed by atoms with E-state index in [9.17, 15) is 23.6 Å². The Kier molecular flexibility index (Phi) is 7.43. The second-order valence-corrected chi connectivity index (χ2v) is 6.95. The number of hydrogen-bond acceptors (Lipinski definition) is 7. The first kappa shape index (κ1) is 22.0. The zero-order valence-corrected chi connectivity index (χ0v) is 16.8. The molecule has 1 N–H and O–H groups in total. The number of nitrogens with zero attached hydrogens (tertiary/aromatic N) is 1. The molecule has 0 unspecified atom stereocenters. The molecule has 29 heavy (non-hydrogen) atoms. The number of carbonyl (C=O) groups is 4. The van der Waals surface area contributed by atoms with Gasteiger partial charge in [0.1, 0.15) is 18.9 Å². The SMILES string of the molecule is COC(=O)CN(CC(=O)OC)C(=O)c1sc(NC(=O)c2cccc(F)c2)cc1C. The molecule has 10 heteroatoms. The highest BCUT2D eigenvalue weighted by molar-refractivity contribution is 7.18. The van der Waals surface area contributed by atoms with Crippen molar-refractivity contribution >= 4 is 40.1 Å². The number of benzene rings is 1. The van der Waals surface area contributed by atoms with Gasteiger partial charge < -0.3 is 19.7 Å². The van der Waals surface area contributed by atoms with Crippen LogP contribution in [-0.4, -0.2) is 56.0 Å². The Labute approximate surface area is 170 Å². The van der Waals surface area contributed by atoms with Crippen LogP contribution in [0, 0.1) is 12.7 Å². The van der Waals surface area contributed by atoms with Crippen LogP contribution in [-0.2, 0) is 19.1 Å². The van der Waals surface area contributed by atoms with Crippen LogP contribution in [0.3, 0.4) is 0 Å². The number of rotatable bonds is 7. The Morgan fingerprint density at radius 2 is 1.69 bits per heavy atom. The highest BCUT2D eigenvalue weighted by Gasteiger charge is 2.25. The number of carbonyl (C=O) groups excluding carboxylic acids is 4. The normalized spacial score (nSPS) is 10.2. The third-order valence-corrected chi connectivity index (χ3v) is 4.96. The monoisotopic (exact) mass is 422 g/mol. The number of thiophene rings is 1. The molecule has 0 radical (unpaired) electrons. The van der Waals surface area contributed by atoms with E-state index in [1.165, 1.54) is 32.4 Å². The summed E-state index contributed by atoms with van der Waals surface area (Å²) in [6.45, 7) is 0.773. The molecule has 0 saturated carbocycles. The average Bonchev–Trinajstić information content (AvgIpc) is 3.06. The molecule has 8 nitrogen and oxygen atoms in total. The van der Waals surface area contributed by atoms with Gasteiger partial charge in [-0.2, -0.15) is 0 Å². The van der Waals surface area contributed by atoms with E-state index in [0.717, 1.165) is 22.3 Å². The van der Waals surface area contributed by atoms with Crippen molar-refractivity contribution < 1.29 is 33.0 Å². The number of amides is 2. The van der Waals surface area contributed by atoms with Crippen molar-refractivity contribution in [2.45, 2.75) is 6.92 Å². The van der Waals surface area contributed by atoms with Gasteiger partial charge in [-0.3, -0.25) is 19.2 Å². The van der Waals surface area contributed by atoms with Gasteiger partial charge in [0.2, 0.25) is 0 Å². The smallest absolute Gasteiger partial charge is 0.325 e. The maximum Gasteiger partial charge on any atom is 0.325 e. The van der Waals surface area contributed by atoms with Crippen molar-refractivity contribution in [3.8, 4) is 0 Å². The summed E-state index contributed by atoms with van der Waals surface area (Å²) < 4.78 is 22.4. The molecule has 1 aromatic heterocycles. The van der Waals surface area contributed by atoms with Crippen LogP contribution in [0.5, 0.6) is 0 Å². The molecule has 0 aliphatic carbocycles. The Balaban J connectivity index is 2.21. The van der Waals surface area contributed by atoms with Crippen LogP contribution in [0.15, 0.2) is 30.3 Å². The van der Waals surface area contributed by atoms with Crippen molar-refractivity contribution in [2.24, 2.45) is 0 Å². The molecule has 0 aliphatic heterocycles. The van der Waals surface area contributed by atoms with E-state index in [1.54, 1.807) is 13.0 Å². The number of nitrogens with one attached hydrogen (secondary N) is 1. The molecule has 1 heterocycles. The molecule has 1 aromatic carbocycles. The molecule has 2 rings (SSSR count). The van der Waals surface area contributed by atoms with Crippen molar-refractivity contribution in [1.82, 2.24) is 4.90 Å². The zero-order chi connectivity index (χ0) is 21.6. The summed E-state index contributed by atoms with van der Waals surface area (Å²) in [4.78, 5) is 49.5. The number of ether oxygens (including phenoxy) is 2. The number of hydrogen-bond donors (Lipinski definition) is 1. The summed E-state index contributed by atoms with van der Waals surface area (Å²) in [7, 11) is 2.33. The molecule has 154 valence electrons. The van der Waals surface area contributed by atoms with Gasteiger partial charge in [0.05, 0.1) is 24.1 Å². The highest BCUT2D eigenvalue weighted by Crippen LogP contribution is 2.28. The van der Waals surface area contributed by atoms with Crippen molar-refractivity contribution in [1.29, 1.82) is 0 Å². The summed E-state index contributed by atoms with van der Waals surface area (Å²) in [6, 6.07) is 6.76. The van der Waals surface area contributed by atoms with E-state index in [0.29, 0.717) is 10.6 Å². The van der Waals surface area contributed by atoms with Gasteiger partial charge in [-0.1, -0.05) is 6.07 Å². The topological polar surface area (TPSA) is 102 Å². The molecule has 0 spiro atoms. The van der Waals surface area contributed by atoms with E-state index in [-0.39, 0.29) is 10.4 Å². The molecule has 2 amide bonds. The van der Waals surface area contributed by atoms with Gasteiger partial charge in [0.15, 0.2) is 0 Å². The van der Waals surface area contributed by atoms with Crippen molar-refractivity contribution in [3.05, 3.63) is 52.2 Å². The molecule has 0 atom stereocenters. The first-order valence-electron chi connectivity index (χ1n) is 8.35. The number of esters is 2. The minimum absolute atomic E-state index is 0.127. The van der Waals surface area contributed by atoms with E-state index in [1.807, 2.05) is 0 Å². The Morgan fingerprint density at radius 1 is 1.07 bits per heavy atom. The van der Waals surface area contributed by atoms with Crippen LogP contribution in [0.4, 0.5) is 9.39 Å². The number of halogens is 1. The molecule has 0 saturated heterocycles. The predicted molar refractivity (Wildman–Crippen MR) is 103 cm³/mol. The van der Waals surface area contributed by atoms with E-state index < -0.39 is 42.7 Å². The zero-order valence-electron chi connectivity index (χ0n) is 16.0. The molecule has 2 aromatic rings. The summed E-state index contributed by atoms with van der Waals surface area (Å²) in [5.74, 6) is -3.07. The Hall–Kier alpha value is -3.27. The first-order valence-corrected chi connectivity index (χ1v) is 9.17. The second kappa shape index (κ2) is 9.78. The standard InChI is InChI=1S/C19H19FN2O6S/c1-11-7-14(21-18(25)12-5-4-6-13(20)8-12)29-17(11)19(26)22(9-15(23)27-2)10-16(24)28-3/h4-8H,9-10H2,1-3H3,(H,21,25). The van der Waals surface area contributed by atoms with Gasteiger partial charge >= 0.3 is 11.9 Å². The van der Waals surface area contributed by atoms with Crippen LogP contribution in [0.1, 0.15) is 25.6 Å². The predicted octanol–water partition coefficient (Wildman–Crippen LogP) is 2.24. The Morgan fingerprint density at radius 3 is 2.24 bits per heavy atom. The van der Waals surface area contributed by atoms with Gasteiger partial charge in [0.25, 0.3) is 11.8 Å². The summed E-state index contributed by atoms with van der Waals surface area (Å²) >= 11 is 0.971. The molecular formula is C19H19FN2O6S. The van der Waals surface area contributed by atoms with Gasteiger partial charge in [-0.05, 0) is 36.8 Å². The van der Waals surface area contributed by atoms with Gasteiger partial charge in [0, 0.05) is 5.56 Å². The molecule has 0 aliphatic rings. The van der Waals surface area contributed by atoms with E-state index in [2.05, 4.69) is 14.8 Å². The van der Waals surface area contributed by atoms with E-state index in [4.69, 9.17) is 0 Å². The van der Waals surface area contributed by atoms with Crippen molar-refractivity contribution in [2.75, 3.05) is 32.6 Å². The molecule has 0 bridgehead atoms. The second-order valence-electron chi connectivity index (χ2n) is 5.90. The maximum absolute atomic E-state index is 13.3. The fourth-order valence-corrected chi connectivity index (χ4v) is 3.39. The fourth-order valence-electron chi connectivity index (χ4n) is 2.35. The quantitative estimate of drug-likeness (QED) is 0.687. The number of aryl methyl sites for hydroxylation is 1. The molecule has 0 fully saturated rings. The lowest BCUT2D eigenvalue weighted by Gasteiger charge is -2.19. The van der Waals surface area contributed by atoms with E-state index >= 15 is 0 Å². The van der Waals surface area contributed by atoms with Crippen molar-refractivity contribution in [3.63, 3.8) is 0 Å². The minimum atomic E-state index is -0.698. The van der Waals surface area contributed by atoms with Crippen LogP contribution in [0.2, 0.25) is 0 Å². The number of anilines is 1. The van der Waals surface area contributed by atoms with Gasteiger partial charge in [-0.25, -0.2) is 4.39 Å². The average molecular weight is 422 g/mol.